The van der Waals surface area contributed by atoms with Crippen LogP contribution in [0.25, 0.3) is 0 Å². The topological polar surface area (TPSA) is 97.8 Å². The van der Waals surface area contributed by atoms with E-state index in [4.69, 9.17) is 9.47 Å². The average Bonchev–Trinajstić information content (AvgIpc) is 3.11. The Bertz CT molecular complexity index is 1040. The van der Waals surface area contributed by atoms with Crippen LogP contribution in [-0.2, 0) is 20.2 Å². The molecule has 1 aromatic carbocycles. The Balaban J connectivity index is 1.91. The lowest BCUT2D eigenvalue weighted by Crippen LogP contribution is -2.40. The summed E-state index contributed by atoms with van der Waals surface area (Å²) in [6, 6.07) is 4.46. The molecule has 0 spiro atoms. The molecule has 1 N–H and O–H groups in total. The van der Waals surface area contributed by atoms with E-state index in [9.17, 15) is 13.2 Å². The number of aromatic nitrogens is 1. The van der Waals surface area contributed by atoms with Crippen molar-refractivity contribution in [2.45, 2.75) is 38.0 Å². The van der Waals surface area contributed by atoms with E-state index < -0.39 is 10.0 Å². The summed E-state index contributed by atoms with van der Waals surface area (Å²) in [4.78, 5) is 18.0. The van der Waals surface area contributed by atoms with Gasteiger partial charge in [0.25, 0.3) is 5.91 Å². The molecule has 1 fully saturated rings. The van der Waals surface area contributed by atoms with Crippen LogP contribution in [0.1, 0.15) is 41.1 Å². The van der Waals surface area contributed by atoms with Crippen LogP contribution in [0.5, 0.6) is 5.75 Å². The molecule has 0 atom stereocenters. The molecule has 1 aromatic heterocycles. The van der Waals surface area contributed by atoms with Gasteiger partial charge in [-0.2, -0.15) is 4.31 Å². The highest BCUT2D eigenvalue weighted by Gasteiger charge is 2.28. The van der Waals surface area contributed by atoms with E-state index in [0.29, 0.717) is 48.3 Å². The molecule has 8 nitrogen and oxygen atoms in total. The van der Waals surface area contributed by atoms with Crippen LogP contribution in [0.2, 0.25) is 0 Å². The lowest BCUT2D eigenvalue weighted by atomic mass is 9.98. The second-order valence-corrected chi connectivity index (χ2v) is 11.0. The predicted molar refractivity (Wildman–Crippen MR) is 116 cm³/mol. The quantitative estimate of drug-likeness (QED) is 0.747. The van der Waals surface area contributed by atoms with Crippen LogP contribution in [0.3, 0.4) is 0 Å². The number of ether oxygens (including phenoxy) is 2. The number of hydrogen-bond acceptors (Lipinski definition) is 7. The molecular weight excluding hydrogens is 426 g/mol. The summed E-state index contributed by atoms with van der Waals surface area (Å²) in [5, 5.41) is 3.66. The van der Waals surface area contributed by atoms with E-state index in [1.54, 1.807) is 13.0 Å². The van der Waals surface area contributed by atoms with E-state index in [1.807, 2.05) is 20.8 Å². The third-order valence-electron chi connectivity index (χ3n) is 4.67. The molecule has 0 aliphatic carbocycles. The van der Waals surface area contributed by atoms with Gasteiger partial charge in [0, 0.05) is 18.5 Å². The average molecular weight is 454 g/mol. The van der Waals surface area contributed by atoms with Crippen molar-refractivity contribution in [1.82, 2.24) is 9.29 Å². The fraction of sp³-hybridized carbons (Fsp3) is 0.500. The smallest absolute Gasteiger partial charge is 0.267 e. The highest BCUT2D eigenvalue weighted by Crippen LogP contribution is 2.32. The highest BCUT2D eigenvalue weighted by atomic mass is 32.2. The minimum atomic E-state index is -3.70. The van der Waals surface area contributed by atoms with E-state index in [2.05, 4.69) is 10.3 Å². The Morgan fingerprint density at radius 1 is 1.27 bits per heavy atom. The van der Waals surface area contributed by atoms with Gasteiger partial charge in [0.15, 0.2) is 0 Å². The first-order chi connectivity index (χ1) is 14.0. The van der Waals surface area contributed by atoms with Crippen LogP contribution in [0, 0.1) is 6.92 Å². The van der Waals surface area contributed by atoms with Crippen LogP contribution in [-0.4, -0.2) is 57.0 Å². The number of carbonyl (C=O) groups excluding carboxylic acids is 1. The van der Waals surface area contributed by atoms with Gasteiger partial charge < -0.3 is 14.8 Å². The minimum absolute atomic E-state index is 0.0944. The summed E-state index contributed by atoms with van der Waals surface area (Å²) in [7, 11) is -2.23. The maximum Gasteiger partial charge on any atom is 0.267 e. The minimum Gasteiger partial charge on any atom is -0.495 e. The maximum atomic E-state index is 13.0. The number of aryl methyl sites for hydroxylation is 1. The van der Waals surface area contributed by atoms with Gasteiger partial charge in [-0.25, -0.2) is 13.4 Å². The number of anilines is 1. The first kappa shape index (κ1) is 22.7. The Morgan fingerprint density at radius 2 is 1.93 bits per heavy atom. The molecule has 1 aliphatic heterocycles. The van der Waals surface area contributed by atoms with Gasteiger partial charge in [-0.3, -0.25) is 4.79 Å². The third-order valence-corrected chi connectivity index (χ3v) is 8.15. The molecule has 10 heteroatoms. The summed E-state index contributed by atoms with van der Waals surface area (Å²) in [6.45, 7) is 9.22. The molecule has 2 heterocycles. The molecule has 1 amide bonds. The molecule has 2 aromatic rings. The second-order valence-electron chi connectivity index (χ2n) is 8.02. The van der Waals surface area contributed by atoms with Gasteiger partial charge >= 0.3 is 0 Å². The number of amides is 1. The van der Waals surface area contributed by atoms with Gasteiger partial charge in [-0.15, -0.1) is 11.3 Å². The Morgan fingerprint density at radius 3 is 2.50 bits per heavy atom. The van der Waals surface area contributed by atoms with Crippen LogP contribution >= 0.6 is 11.3 Å². The standard InChI is InChI=1S/C20H27N3O5S2/c1-13-17(29-19(21-13)20(2,3)4)18(24)22-15-12-14(6-7-16(15)27-5)30(25,26)23-8-10-28-11-9-23/h6-7,12H,8-11H2,1-5H3,(H,22,24). The fourth-order valence-corrected chi connectivity index (χ4v) is 5.44. The summed E-state index contributed by atoms with van der Waals surface area (Å²) in [6.07, 6.45) is 0. The zero-order chi connectivity index (χ0) is 22.1. The predicted octanol–water partition coefficient (Wildman–Crippen LogP) is 3.03. The summed E-state index contributed by atoms with van der Waals surface area (Å²) >= 11 is 1.34. The van der Waals surface area contributed by atoms with Gasteiger partial charge in [-0.1, -0.05) is 20.8 Å². The number of carbonyl (C=O) groups is 1. The molecule has 0 saturated carbocycles. The first-order valence-electron chi connectivity index (χ1n) is 9.59. The van der Waals surface area contributed by atoms with Crippen molar-refractivity contribution in [2.24, 2.45) is 0 Å². The molecule has 1 saturated heterocycles. The number of sulfonamides is 1. The largest absolute Gasteiger partial charge is 0.495 e. The maximum absolute atomic E-state index is 13.0. The van der Waals surface area contributed by atoms with Gasteiger partial charge in [0.05, 0.1) is 41.6 Å². The van der Waals surface area contributed by atoms with Gasteiger partial charge in [0.2, 0.25) is 10.0 Å². The van der Waals surface area contributed by atoms with Crippen molar-refractivity contribution in [3.63, 3.8) is 0 Å². The second kappa shape index (κ2) is 8.62. The molecule has 0 unspecified atom stereocenters. The van der Waals surface area contributed by atoms with Crippen molar-refractivity contribution in [3.05, 3.63) is 33.8 Å². The first-order valence-corrected chi connectivity index (χ1v) is 11.8. The number of thiazole rings is 1. The van der Waals surface area contributed by atoms with E-state index in [0.717, 1.165) is 5.01 Å². The molecule has 1 aliphatic rings. The number of methoxy groups -OCH3 is 1. The van der Waals surface area contributed by atoms with Crippen molar-refractivity contribution >= 4 is 33.0 Å². The number of benzene rings is 1. The zero-order valence-electron chi connectivity index (χ0n) is 17.8. The summed E-state index contributed by atoms with van der Waals surface area (Å²) in [5.41, 5.74) is 0.762. The normalized spacial score (nSPS) is 15.8. The monoisotopic (exact) mass is 453 g/mol. The number of hydrogen-bond donors (Lipinski definition) is 1. The fourth-order valence-electron chi connectivity index (χ4n) is 2.99. The Kier molecular flexibility index (Phi) is 6.51. The van der Waals surface area contributed by atoms with Gasteiger partial charge in [0.1, 0.15) is 10.6 Å². The zero-order valence-corrected chi connectivity index (χ0v) is 19.4. The molecule has 3 rings (SSSR count). The van der Waals surface area contributed by atoms with Crippen LogP contribution < -0.4 is 10.1 Å². The molecule has 30 heavy (non-hydrogen) atoms. The SMILES string of the molecule is COc1ccc(S(=O)(=O)N2CCOCC2)cc1NC(=O)c1sc(C(C)(C)C)nc1C. The van der Waals surface area contributed by atoms with E-state index in [1.165, 1.54) is 34.9 Å². The lowest BCUT2D eigenvalue weighted by molar-refractivity contribution is 0.0730. The molecule has 0 bridgehead atoms. The van der Waals surface area contributed by atoms with E-state index in [-0.39, 0.29) is 16.2 Å². The third kappa shape index (κ3) is 4.66. The van der Waals surface area contributed by atoms with Crippen LogP contribution in [0.4, 0.5) is 5.69 Å². The molecule has 0 radical (unpaired) electrons. The Labute approximate surface area is 181 Å². The number of nitrogens with one attached hydrogen (secondary N) is 1. The number of nitrogens with zero attached hydrogens (tertiary/aromatic N) is 2. The lowest BCUT2D eigenvalue weighted by Gasteiger charge is -2.26. The number of rotatable bonds is 5. The Hall–Kier alpha value is -2.01. The highest BCUT2D eigenvalue weighted by molar-refractivity contribution is 7.89. The summed E-state index contributed by atoms with van der Waals surface area (Å²) in [5.74, 6) is 0.0298. The number of morpholine rings is 1. The molecule has 164 valence electrons. The van der Waals surface area contributed by atoms with Crippen LogP contribution in [0.15, 0.2) is 23.1 Å². The van der Waals surface area contributed by atoms with Crippen molar-refractivity contribution in [3.8, 4) is 5.75 Å². The summed E-state index contributed by atoms with van der Waals surface area (Å²) < 4.78 is 37.9. The van der Waals surface area contributed by atoms with Crippen molar-refractivity contribution < 1.29 is 22.7 Å². The van der Waals surface area contributed by atoms with Crippen molar-refractivity contribution in [1.29, 1.82) is 0 Å². The molecular formula is C20H27N3O5S2. The van der Waals surface area contributed by atoms with E-state index >= 15 is 0 Å². The van der Waals surface area contributed by atoms with Crippen molar-refractivity contribution in [2.75, 3.05) is 38.7 Å². The van der Waals surface area contributed by atoms with Gasteiger partial charge in [-0.05, 0) is 25.1 Å².